The van der Waals surface area contributed by atoms with Gasteiger partial charge in [0, 0.05) is 17.3 Å². The highest BCUT2D eigenvalue weighted by atomic mass is 19.1. The number of nitrogens with zero attached hydrogens (tertiary/aromatic N) is 2. The fourth-order valence-corrected chi connectivity index (χ4v) is 3.30. The van der Waals surface area contributed by atoms with Crippen molar-refractivity contribution in [2.45, 2.75) is 52.1 Å². The van der Waals surface area contributed by atoms with Crippen LogP contribution >= 0.6 is 0 Å². The Balaban J connectivity index is 3.32. The molecule has 0 aliphatic rings. The molecule has 0 radical (unpaired) electrons. The highest BCUT2D eigenvalue weighted by molar-refractivity contribution is 5.22. The van der Waals surface area contributed by atoms with Crippen LogP contribution in [-0.4, -0.2) is 28.5 Å². The van der Waals surface area contributed by atoms with Gasteiger partial charge >= 0.3 is 0 Å². The molecule has 114 valence electrons. The van der Waals surface area contributed by atoms with Gasteiger partial charge in [-0.1, -0.05) is 27.7 Å². The van der Waals surface area contributed by atoms with E-state index in [9.17, 15) is 4.39 Å². The monoisotopic (exact) mass is 282 g/mol. The van der Waals surface area contributed by atoms with Gasteiger partial charge in [-0.05, 0) is 32.0 Å². The van der Waals surface area contributed by atoms with E-state index in [4.69, 9.17) is 5.84 Å². The first-order valence-corrected chi connectivity index (χ1v) is 7.41. The summed E-state index contributed by atoms with van der Waals surface area (Å²) in [6.07, 6.45) is 4.64. The fraction of sp³-hybridized carbons (Fsp3) is 0.667. The van der Waals surface area contributed by atoms with Gasteiger partial charge in [-0.2, -0.15) is 0 Å². The first-order valence-electron chi connectivity index (χ1n) is 7.41. The second-order valence-corrected chi connectivity index (χ2v) is 4.98. The molecule has 1 rings (SSSR count). The van der Waals surface area contributed by atoms with E-state index in [1.807, 2.05) is 0 Å². The van der Waals surface area contributed by atoms with Crippen molar-refractivity contribution in [2.24, 2.45) is 5.84 Å². The second-order valence-electron chi connectivity index (χ2n) is 4.98. The molecule has 5 heteroatoms. The molecule has 0 fully saturated rings. The summed E-state index contributed by atoms with van der Waals surface area (Å²) >= 11 is 0. The van der Waals surface area contributed by atoms with E-state index < -0.39 is 0 Å². The quantitative estimate of drug-likeness (QED) is 0.568. The molecule has 0 spiro atoms. The second kappa shape index (κ2) is 7.67. The molecule has 20 heavy (non-hydrogen) atoms. The molecule has 1 aromatic heterocycles. The molecule has 4 nitrogen and oxygen atoms in total. The summed E-state index contributed by atoms with van der Waals surface area (Å²) in [7, 11) is 0. The number of hydrogen-bond donors (Lipinski definition) is 2. The maximum atomic E-state index is 14.1. The van der Waals surface area contributed by atoms with Gasteiger partial charge in [0.25, 0.3) is 0 Å². The van der Waals surface area contributed by atoms with Crippen LogP contribution < -0.4 is 11.3 Å². The van der Waals surface area contributed by atoms with Gasteiger partial charge in [0.2, 0.25) is 0 Å². The van der Waals surface area contributed by atoms with Crippen LogP contribution in [0.5, 0.6) is 0 Å². The van der Waals surface area contributed by atoms with E-state index in [2.05, 4.69) is 43.0 Å². The summed E-state index contributed by atoms with van der Waals surface area (Å²) in [4.78, 5) is 6.18. The lowest BCUT2D eigenvalue weighted by atomic mass is 9.79. The van der Waals surface area contributed by atoms with Gasteiger partial charge in [0.05, 0.1) is 12.2 Å². The van der Waals surface area contributed by atoms with Crippen molar-refractivity contribution in [1.29, 1.82) is 0 Å². The Hall–Kier alpha value is -1.04. The van der Waals surface area contributed by atoms with E-state index in [0.717, 1.165) is 25.9 Å². The number of aromatic nitrogens is 1. The Morgan fingerprint density at radius 3 is 2.30 bits per heavy atom. The predicted octanol–water partition coefficient (Wildman–Crippen LogP) is 2.63. The van der Waals surface area contributed by atoms with Crippen molar-refractivity contribution in [3.05, 3.63) is 29.8 Å². The molecule has 0 aliphatic heterocycles. The summed E-state index contributed by atoms with van der Waals surface area (Å²) in [6, 6.07) is 1.45. The van der Waals surface area contributed by atoms with Crippen LogP contribution in [0, 0.1) is 5.82 Å². The number of nitrogens with one attached hydrogen (secondary N) is 1. The van der Waals surface area contributed by atoms with E-state index in [-0.39, 0.29) is 17.4 Å². The molecule has 0 amide bonds. The Morgan fingerprint density at radius 1 is 1.30 bits per heavy atom. The molecule has 0 aliphatic carbocycles. The first kappa shape index (κ1) is 17.0. The standard InChI is InChI=1S/C15H27FN4/c1-5-15(6-2,20(7-3)8-4)14(19-17)12-9-10-18-11-13(12)16/h9-11,14,19H,5-8,17H2,1-4H3. The summed E-state index contributed by atoms with van der Waals surface area (Å²) in [6.45, 7) is 10.3. The Morgan fingerprint density at radius 2 is 1.90 bits per heavy atom. The highest BCUT2D eigenvalue weighted by Crippen LogP contribution is 2.37. The average Bonchev–Trinajstić information content (AvgIpc) is 2.49. The van der Waals surface area contributed by atoms with Gasteiger partial charge in [0.1, 0.15) is 5.82 Å². The number of hydrogen-bond acceptors (Lipinski definition) is 4. The normalized spacial score (nSPS) is 13.8. The van der Waals surface area contributed by atoms with Gasteiger partial charge in [-0.3, -0.25) is 21.2 Å². The van der Waals surface area contributed by atoms with E-state index >= 15 is 0 Å². The SMILES string of the molecule is CCN(CC)C(CC)(CC)C(NN)c1ccncc1F. The lowest BCUT2D eigenvalue weighted by molar-refractivity contribution is 0.0474. The third-order valence-corrected chi connectivity index (χ3v) is 4.44. The zero-order chi connectivity index (χ0) is 15.2. The largest absolute Gasteiger partial charge is 0.296 e. The molecule has 1 atom stereocenters. The smallest absolute Gasteiger partial charge is 0.146 e. The number of pyridine rings is 1. The third kappa shape index (κ3) is 3.00. The number of nitrogens with two attached hydrogens (primary N) is 1. The minimum Gasteiger partial charge on any atom is -0.296 e. The number of rotatable bonds is 8. The van der Waals surface area contributed by atoms with Crippen LogP contribution in [0.2, 0.25) is 0 Å². The van der Waals surface area contributed by atoms with E-state index in [1.54, 1.807) is 12.3 Å². The Kier molecular flexibility index (Phi) is 6.52. The average molecular weight is 282 g/mol. The lowest BCUT2D eigenvalue weighted by Crippen LogP contribution is -2.57. The molecule has 1 aromatic rings. The molecule has 0 saturated carbocycles. The van der Waals surface area contributed by atoms with Gasteiger partial charge < -0.3 is 0 Å². The summed E-state index contributed by atoms with van der Waals surface area (Å²) < 4.78 is 14.1. The first-order chi connectivity index (χ1) is 9.61. The third-order valence-electron chi connectivity index (χ3n) is 4.44. The molecule has 1 heterocycles. The van der Waals surface area contributed by atoms with Crippen LogP contribution in [0.4, 0.5) is 4.39 Å². The summed E-state index contributed by atoms with van der Waals surface area (Å²) in [5.41, 5.74) is 3.22. The fourth-order valence-electron chi connectivity index (χ4n) is 3.30. The predicted molar refractivity (Wildman–Crippen MR) is 80.5 cm³/mol. The van der Waals surface area contributed by atoms with Gasteiger partial charge in [-0.15, -0.1) is 0 Å². The lowest BCUT2D eigenvalue weighted by Gasteiger charge is -2.47. The van der Waals surface area contributed by atoms with Crippen LogP contribution in [0.25, 0.3) is 0 Å². The number of halogens is 1. The minimum atomic E-state index is -0.311. The topological polar surface area (TPSA) is 54.2 Å². The van der Waals surface area contributed by atoms with E-state index in [1.165, 1.54) is 6.20 Å². The van der Waals surface area contributed by atoms with Crippen LogP contribution in [0.1, 0.15) is 52.1 Å². The maximum absolute atomic E-state index is 14.1. The van der Waals surface area contributed by atoms with Crippen LogP contribution in [0.3, 0.4) is 0 Å². The van der Waals surface area contributed by atoms with E-state index in [0.29, 0.717) is 5.56 Å². The maximum Gasteiger partial charge on any atom is 0.146 e. The molecule has 0 aromatic carbocycles. The van der Waals surface area contributed by atoms with Crippen molar-refractivity contribution in [1.82, 2.24) is 15.3 Å². The van der Waals surface area contributed by atoms with Crippen LogP contribution in [-0.2, 0) is 0 Å². The highest BCUT2D eigenvalue weighted by Gasteiger charge is 2.41. The molecular weight excluding hydrogens is 255 g/mol. The Labute approximate surface area is 121 Å². The van der Waals surface area contributed by atoms with Crippen molar-refractivity contribution in [3.8, 4) is 0 Å². The Bertz CT molecular complexity index is 403. The molecular formula is C15H27FN4. The number of hydrazine groups is 1. The van der Waals surface area contributed by atoms with Crippen molar-refractivity contribution >= 4 is 0 Å². The molecule has 3 N–H and O–H groups in total. The molecule has 0 bridgehead atoms. The van der Waals surface area contributed by atoms with Crippen molar-refractivity contribution in [2.75, 3.05) is 13.1 Å². The number of likely N-dealkylation sites (N-methyl/N-ethyl adjacent to an activating group) is 1. The van der Waals surface area contributed by atoms with Crippen LogP contribution in [0.15, 0.2) is 18.5 Å². The molecule has 1 unspecified atom stereocenters. The van der Waals surface area contributed by atoms with Crippen molar-refractivity contribution in [3.63, 3.8) is 0 Å². The zero-order valence-electron chi connectivity index (χ0n) is 13.0. The van der Waals surface area contributed by atoms with Gasteiger partial charge in [-0.25, -0.2) is 4.39 Å². The minimum absolute atomic E-state index is 0.208. The summed E-state index contributed by atoms with van der Waals surface area (Å²) in [5, 5.41) is 0. The summed E-state index contributed by atoms with van der Waals surface area (Å²) in [5.74, 6) is 5.48. The zero-order valence-corrected chi connectivity index (χ0v) is 13.0. The van der Waals surface area contributed by atoms with Crippen molar-refractivity contribution < 1.29 is 4.39 Å². The molecule has 0 saturated heterocycles. The van der Waals surface area contributed by atoms with Gasteiger partial charge in [0.15, 0.2) is 0 Å².